The van der Waals surface area contributed by atoms with Crippen molar-refractivity contribution in [2.24, 2.45) is 5.41 Å². The number of carbonyl (C=O) groups excluding carboxylic acids is 2. The molecule has 7 nitrogen and oxygen atoms in total. The van der Waals surface area contributed by atoms with Crippen LogP contribution in [0.1, 0.15) is 19.3 Å². The molecule has 0 radical (unpaired) electrons. The summed E-state index contributed by atoms with van der Waals surface area (Å²) in [5.41, 5.74) is -0.923. The van der Waals surface area contributed by atoms with Crippen LogP contribution in [0.2, 0.25) is 0 Å². The van der Waals surface area contributed by atoms with Crippen LogP contribution in [0.4, 0.5) is 5.82 Å². The minimum Gasteiger partial charge on any atom is -0.358 e. The average molecular weight is 223 g/mol. The number of aromatic amines is 1. The van der Waals surface area contributed by atoms with Crippen LogP contribution in [0.25, 0.3) is 0 Å². The van der Waals surface area contributed by atoms with Crippen LogP contribution in [-0.2, 0) is 9.59 Å². The molecule has 0 spiro atoms. The molecule has 1 aromatic heterocycles. The van der Waals surface area contributed by atoms with E-state index in [0.29, 0.717) is 18.7 Å². The number of rotatable bonds is 3. The fourth-order valence-electron chi connectivity index (χ4n) is 1.82. The molecule has 0 saturated heterocycles. The zero-order chi connectivity index (χ0) is 11.6. The van der Waals surface area contributed by atoms with E-state index in [4.69, 9.17) is 0 Å². The number of anilines is 1. The van der Waals surface area contributed by atoms with Gasteiger partial charge in [-0.3, -0.25) is 9.59 Å². The summed E-state index contributed by atoms with van der Waals surface area (Å²) in [6, 6.07) is 0. The number of hydrogen-bond acceptors (Lipinski definition) is 4. The molecule has 0 aliphatic heterocycles. The minimum atomic E-state index is -0.923. The SMILES string of the molecule is CNC(=O)C1(C(=O)Nc2cn[nH]n2)CCC1. The third kappa shape index (κ3) is 1.54. The van der Waals surface area contributed by atoms with Gasteiger partial charge in [0, 0.05) is 7.05 Å². The Bertz CT molecular complexity index is 396. The summed E-state index contributed by atoms with van der Waals surface area (Å²) in [4.78, 5) is 23.6. The van der Waals surface area contributed by atoms with Crippen molar-refractivity contribution in [3.63, 3.8) is 0 Å². The molecular weight excluding hydrogens is 210 g/mol. The first-order valence-electron chi connectivity index (χ1n) is 5.08. The highest BCUT2D eigenvalue weighted by atomic mass is 16.2. The van der Waals surface area contributed by atoms with E-state index < -0.39 is 5.41 Å². The summed E-state index contributed by atoms with van der Waals surface area (Å²) in [6.45, 7) is 0. The first-order valence-corrected chi connectivity index (χ1v) is 5.08. The molecule has 0 aromatic carbocycles. The third-order valence-electron chi connectivity index (χ3n) is 2.96. The highest BCUT2D eigenvalue weighted by Crippen LogP contribution is 2.41. The smallest absolute Gasteiger partial charge is 0.241 e. The van der Waals surface area contributed by atoms with E-state index in [1.54, 1.807) is 0 Å². The second kappa shape index (κ2) is 3.92. The maximum absolute atomic E-state index is 12.0. The van der Waals surface area contributed by atoms with E-state index in [1.165, 1.54) is 13.2 Å². The van der Waals surface area contributed by atoms with Gasteiger partial charge in [-0.15, -0.1) is 5.10 Å². The molecule has 0 unspecified atom stereocenters. The normalized spacial score (nSPS) is 17.3. The molecule has 0 atom stereocenters. The van der Waals surface area contributed by atoms with Gasteiger partial charge in [-0.2, -0.15) is 10.3 Å². The Morgan fingerprint density at radius 2 is 2.19 bits per heavy atom. The van der Waals surface area contributed by atoms with Gasteiger partial charge in [-0.25, -0.2) is 0 Å². The Morgan fingerprint density at radius 3 is 2.62 bits per heavy atom. The van der Waals surface area contributed by atoms with Crippen LogP contribution in [0.5, 0.6) is 0 Å². The van der Waals surface area contributed by atoms with Gasteiger partial charge in [0.2, 0.25) is 11.8 Å². The highest BCUT2D eigenvalue weighted by molar-refractivity contribution is 6.10. The molecule has 3 N–H and O–H groups in total. The second-order valence-electron chi connectivity index (χ2n) is 3.82. The van der Waals surface area contributed by atoms with Gasteiger partial charge in [0.1, 0.15) is 5.41 Å². The van der Waals surface area contributed by atoms with Crippen molar-refractivity contribution in [1.82, 2.24) is 20.7 Å². The van der Waals surface area contributed by atoms with Gasteiger partial charge in [0.05, 0.1) is 6.20 Å². The van der Waals surface area contributed by atoms with Gasteiger partial charge >= 0.3 is 0 Å². The van der Waals surface area contributed by atoms with Gasteiger partial charge in [-0.1, -0.05) is 6.42 Å². The maximum Gasteiger partial charge on any atom is 0.241 e. The zero-order valence-electron chi connectivity index (χ0n) is 8.91. The predicted molar refractivity (Wildman–Crippen MR) is 55.4 cm³/mol. The van der Waals surface area contributed by atoms with Crippen molar-refractivity contribution < 1.29 is 9.59 Å². The zero-order valence-corrected chi connectivity index (χ0v) is 8.91. The second-order valence-corrected chi connectivity index (χ2v) is 3.82. The van der Waals surface area contributed by atoms with Crippen LogP contribution in [0.3, 0.4) is 0 Å². The Labute approximate surface area is 92.0 Å². The topological polar surface area (TPSA) is 99.8 Å². The molecule has 2 rings (SSSR count). The van der Waals surface area contributed by atoms with E-state index in [1.807, 2.05) is 0 Å². The van der Waals surface area contributed by atoms with Crippen molar-refractivity contribution in [2.45, 2.75) is 19.3 Å². The molecule has 1 heterocycles. The number of H-pyrrole nitrogens is 1. The molecule has 1 fully saturated rings. The van der Waals surface area contributed by atoms with Gasteiger partial charge in [-0.05, 0) is 12.8 Å². The average Bonchev–Trinajstić information content (AvgIpc) is 2.68. The Morgan fingerprint density at radius 1 is 1.44 bits per heavy atom. The van der Waals surface area contributed by atoms with E-state index >= 15 is 0 Å². The number of aromatic nitrogens is 3. The third-order valence-corrected chi connectivity index (χ3v) is 2.96. The standard InChI is InChI=1S/C9H13N5O2/c1-10-7(15)9(3-2-4-9)8(16)12-6-5-11-14-13-6/h5H,2-4H2,1H3,(H,10,15)(H2,11,12,13,14,16). The number of carbonyl (C=O) groups is 2. The lowest BCUT2D eigenvalue weighted by Gasteiger charge is -2.37. The van der Waals surface area contributed by atoms with Crippen molar-refractivity contribution in [2.75, 3.05) is 12.4 Å². The predicted octanol–water partition coefficient (Wildman–Crippen LogP) is -0.341. The molecule has 2 amide bonds. The van der Waals surface area contributed by atoms with E-state index in [2.05, 4.69) is 26.0 Å². The van der Waals surface area contributed by atoms with E-state index in [0.717, 1.165) is 6.42 Å². The van der Waals surface area contributed by atoms with Crippen LogP contribution in [-0.4, -0.2) is 34.3 Å². The fourth-order valence-corrected chi connectivity index (χ4v) is 1.82. The van der Waals surface area contributed by atoms with Gasteiger partial charge in [0.15, 0.2) is 5.82 Å². The molecule has 0 bridgehead atoms. The number of nitrogens with one attached hydrogen (secondary N) is 3. The van der Waals surface area contributed by atoms with Crippen molar-refractivity contribution in [3.05, 3.63) is 6.20 Å². The monoisotopic (exact) mass is 223 g/mol. The van der Waals surface area contributed by atoms with E-state index in [-0.39, 0.29) is 11.8 Å². The summed E-state index contributed by atoms with van der Waals surface area (Å²) in [5.74, 6) is -0.216. The molecule has 1 aromatic rings. The highest BCUT2D eigenvalue weighted by Gasteiger charge is 2.50. The van der Waals surface area contributed by atoms with Crippen molar-refractivity contribution >= 4 is 17.6 Å². The van der Waals surface area contributed by atoms with E-state index in [9.17, 15) is 9.59 Å². The summed E-state index contributed by atoms with van der Waals surface area (Å²) < 4.78 is 0. The molecule has 1 saturated carbocycles. The molecule has 1 aliphatic rings. The van der Waals surface area contributed by atoms with Crippen molar-refractivity contribution in [3.8, 4) is 0 Å². The van der Waals surface area contributed by atoms with Crippen LogP contribution in [0, 0.1) is 5.41 Å². The van der Waals surface area contributed by atoms with Crippen LogP contribution < -0.4 is 10.6 Å². The Kier molecular flexibility index (Phi) is 2.59. The maximum atomic E-state index is 12.0. The first-order chi connectivity index (χ1) is 7.69. The van der Waals surface area contributed by atoms with Crippen LogP contribution >= 0.6 is 0 Å². The lowest BCUT2D eigenvalue weighted by atomic mass is 9.67. The van der Waals surface area contributed by atoms with Crippen molar-refractivity contribution in [1.29, 1.82) is 0 Å². The molecule has 86 valence electrons. The lowest BCUT2D eigenvalue weighted by molar-refractivity contribution is -0.146. The minimum absolute atomic E-state index is 0.236. The Hall–Kier alpha value is -1.92. The summed E-state index contributed by atoms with van der Waals surface area (Å²) in [5, 5.41) is 14.8. The fraction of sp³-hybridized carbons (Fsp3) is 0.556. The summed E-state index contributed by atoms with van der Waals surface area (Å²) >= 11 is 0. The van der Waals surface area contributed by atoms with Crippen LogP contribution in [0.15, 0.2) is 6.20 Å². The first kappa shape index (κ1) is 10.6. The molecule has 1 aliphatic carbocycles. The molecule has 7 heteroatoms. The summed E-state index contributed by atoms with van der Waals surface area (Å²) in [6.07, 6.45) is 3.44. The molecule has 16 heavy (non-hydrogen) atoms. The number of nitrogens with zero attached hydrogens (tertiary/aromatic N) is 2. The quantitative estimate of drug-likeness (QED) is 0.610. The Balaban J connectivity index is 2.10. The largest absolute Gasteiger partial charge is 0.358 e. The number of amides is 2. The lowest BCUT2D eigenvalue weighted by Crippen LogP contribution is -2.52. The summed E-state index contributed by atoms with van der Waals surface area (Å²) in [7, 11) is 1.53. The molecular formula is C9H13N5O2. The van der Waals surface area contributed by atoms with Gasteiger partial charge in [0.25, 0.3) is 0 Å². The van der Waals surface area contributed by atoms with Gasteiger partial charge < -0.3 is 10.6 Å². The number of hydrogen-bond donors (Lipinski definition) is 3.